The smallest absolute Gasteiger partial charge is 0.243 e. The number of amides is 2. The molecular formula is C30H36FN3O5S. The molecular weight excluding hydrogens is 533 g/mol. The fourth-order valence-corrected chi connectivity index (χ4v) is 5.37. The summed E-state index contributed by atoms with van der Waals surface area (Å²) in [5, 5.41) is 2.80. The van der Waals surface area contributed by atoms with Gasteiger partial charge in [-0.15, -0.1) is 0 Å². The number of carbonyl (C=O) groups is 2. The monoisotopic (exact) mass is 569 g/mol. The molecule has 8 nitrogen and oxygen atoms in total. The maximum absolute atomic E-state index is 14.7. The van der Waals surface area contributed by atoms with Gasteiger partial charge in [-0.05, 0) is 49.2 Å². The van der Waals surface area contributed by atoms with E-state index in [-0.39, 0.29) is 49.7 Å². The lowest BCUT2D eigenvalue weighted by Gasteiger charge is -2.32. The molecule has 40 heavy (non-hydrogen) atoms. The molecule has 0 spiro atoms. The third-order valence-electron chi connectivity index (χ3n) is 6.43. The largest absolute Gasteiger partial charge is 0.497 e. The summed E-state index contributed by atoms with van der Waals surface area (Å²) in [4.78, 5) is 28.3. The van der Waals surface area contributed by atoms with E-state index < -0.39 is 21.9 Å². The molecule has 0 saturated heterocycles. The summed E-state index contributed by atoms with van der Waals surface area (Å²) in [5.41, 5.74) is 1.59. The van der Waals surface area contributed by atoms with E-state index >= 15 is 0 Å². The van der Waals surface area contributed by atoms with E-state index in [0.717, 1.165) is 11.8 Å². The third-order valence-corrected chi connectivity index (χ3v) is 7.63. The number of likely N-dealkylation sites (N-methyl/N-ethyl adjacent to an activating group) is 1. The highest BCUT2D eigenvalue weighted by molar-refractivity contribution is 7.92. The number of anilines is 1. The number of methoxy groups -OCH3 is 1. The SMILES string of the molecule is CCNC(=O)C(Cc1ccccc1)N(Cc1ccccc1F)C(=O)CCCN(c1ccc(OC)cc1)S(C)(=O)=O. The second kappa shape index (κ2) is 14.5. The summed E-state index contributed by atoms with van der Waals surface area (Å²) < 4.78 is 46.1. The van der Waals surface area contributed by atoms with Crippen LogP contribution in [0.2, 0.25) is 0 Å². The first-order valence-electron chi connectivity index (χ1n) is 13.1. The summed E-state index contributed by atoms with van der Waals surface area (Å²) in [6, 6.07) is 21.2. The molecule has 3 rings (SSSR count). The van der Waals surface area contributed by atoms with Crippen molar-refractivity contribution in [2.45, 2.75) is 38.8 Å². The lowest BCUT2D eigenvalue weighted by Crippen LogP contribution is -2.50. The van der Waals surface area contributed by atoms with Crippen LogP contribution in [0.4, 0.5) is 10.1 Å². The van der Waals surface area contributed by atoms with Crippen LogP contribution in [0.15, 0.2) is 78.9 Å². The standard InChI is InChI=1S/C30H36FN3O5S/c1-4-32-30(36)28(21-23-11-6-5-7-12-23)33(22-24-13-8-9-14-27(24)31)29(35)15-10-20-34(40(3,37)38)25-16-18-26(39-2)19-17-25/h5-9,11-14,16-19,28H,4,10,15,20-22H2,1-3H3,(H,32,36). The topological polar surface area (TPSA) is 96.0 Å². The van der Waals surface area contributed by atoms with Crippen molar-refractivity contribution < 1.29 is 27.1 Å². The zero-order valence-corrected chi connectivity index (χ0v) is 23.9. The molecule has 0 bridgehead atoms. The molecule has 0 saturated carbocycles. The van der Waals surface area contributed by atoms with Gasteiger partial charge in [0.05, 0.1) is 19.1 Å². The Balaban J connectivity index is 1.86. The molecule has 1 atom stereocenters. The predicted molar refractivity (Wildman–Crippen MR) is 154 cm³/mol. The number of benzene rings is 3. The number of hydrogen-bond acceptors (Lipinski definition) is 5. The lowest BCUT2D eigenvalue weighted by molar-refractivity contribution is -0.141. The maximum Gasteiger partial charge on any atom is 0.243 e. The minimum absolute atomic E-state index is 0.0404. The van der Waals surface area contributed by atoms with Crippen molar-refractivity contribution in [1.29, 1.82) is 0 Å². The first kappa shape index (κ1) is 30.6. The van der Waals surface area contributed by atoms with Gasteiger partial charge in [-0.2, -0.15) is 0 Å². The molecule has 10 heteroatoms. The number of nitrogens with zero attached hydrogens (tertiary/aromatic N) is 2. The Morgan fingerprint density at radius 1 is 0.975 bits per heavy atom. The maximum atomic E-state index is 14.7. The highest BCUT2D eigenvalue weighted by Crippen LogP contribution is 2.23. The van der Waals surface area contributed by atoms with Crippen molar-refractivity contribution in [2.24, 2.45) is 0 Å². The van der Waals surface area contributed by atoms with Crippen molar-refractivity contribution >= 4 is 27.5 Å². The molecule has 0 aliphatic rings. The second-order valence-electron chi connectivity index (χ2n) is 9.35. The van der Waals surface area contributed by atoms with E-state index in [1.807, 2.05) is 30.3 Å². The van der Waals surface area contributed by atoms with Gasteiger partial charge in [0.1, 0.15) is 17.6 Å². The summed E-state index contributed by atoms with van der Waals surface area (Å²) in [5.74, 6) is -0.603. The summed E-state index contributed by atoms with van der Waals surface area (Å²) in [6.07, 6.45) is 1.50. The van der Waals surface area contributed by atoms with Gasteiger partial charge in [0.25, 0.3) is 0 Å². The van der Waals surface area contributed by atoms with Gasteiger partial charge in [0.15, 0.2) is 0 Å². The van der Waals surface area contributed by atoms with E-state index in [1.54, 1.807) is 49.4 Å². The van der Waals surface area contributed by atoms with Crippen molar-refractivity contribution in [3.05, 3.63) is 95.8 Å². The normalized spacial score (nSPS) is 11.9. The summed E-state index contributed by atoms with van der Waals surface area (Å²) in [6.45, 7) is 2.11. The van der Waals surface area contributed by atoms with E-state index in [9.17, 15) is 22.4 Å². The van der Waals surface area contributed by atoms with Crippen molar-refractivity contribution in [2.75, 3.05) is 30.8 Å². The molecule has 2 amide bonds. The van der Waals surface area contributed by atoms with Crippen LogP contribution in [0, 0.1) is 5.82 Å². The van der Waals surface area contributed by atoms with Crippen molar-refractivity contribution in [3.8, 4) is 5.75 Å². The number of carbonyl (C=O) groups excluding carboxylic acids is 2. The molecule has 3 aromatic carbocycles. The molecule has 0 radical (unpaired) electrons. The Kier molecular flexibility index (Phi) is 11.1. The van der Waals surface area contributed by atoms with Gasteiger partial charge in [-0.1, -0.05) is 48.5 Å². The molecule has 214 valence electrons. The Hall–Kier alpha value is -3.92. The first-order chi connectivity index (χ1) is 19.1. The molecule has 0 aliphatic heterocycles. The van der Waals surface area contributed by atoms with Gasteiger partial charge in [-0.3, -0.25) is 13.9 Å². The van der Waals surface area contributed by atoms with Gasteiger partial charge >= 0.3 is 0 Å². The predicted octanol–water partition coefficient (Wildman–Crippen LogP) is 4.16. The van der Waals surface area contributed by atoms with E-state index in [4.69, 9.17) is 4.74 Å². The molecule has 3 aromatic rings. The quantitative estimate of drug-likeness (QED) is 0.315. The Morgan fingerprint density at radius 2 is 1.62 bits per heavy atom. The van der Waals surface area contributed by atoms with Crippen LogP contribution in [0.1, 0.15) is 30.9 Å². The Bertz CT molecular complexity index is 1370. The lowest BCUT2D eigenvalue weighted by atomic mass is 10.0. The summed E-state index contributed by atoms with van der Waals surface area (Å²) in [7, 11) is -2.11. The average molecular weight is 570 g/mol. The van der Waals surface area contributed by atoms with Crippen LogP contribution in [-0.2, 0) is 32.6 Å². The van der Waals surface area contributed by atoms with Crippen molar-refractivity contribution in [3.63, 3.8) is 0 Å². The average Bonchev–Trinajstić information content (AvgIpc) is 2.94. The van der Waals surface area contributed by atoms with Gasteiger partial charge in [-0.25, -0.2) is 12.8 Å². The molecule has 0 heterocycles. The van der Waals surface area contributed by atoms with E-state index in [0.29, 0.717) is 18.0 Å². The van der Waals surface area contributed by atoms with Crippen LogP contribution >= 0.6 is 0 Å². The zero-order valence-electron chi connectivity index (χ0n) is 23.0. The fourth-order valence-electron chi connectivity index (χ4n) is 4.41. The zero-order chi connectivity index (χ0) is 29.1. The Morgan fingerprint density at radius 3 is 2.23 bits per heavy atom. The van der Waals surface area contributed by atoms with Crippen LogP contribution < -0.4 is 14.4 Å². The van der Waals surface area contributed by atoms with Gasteiger partial charge in [0, 0.05) is 38.0 Å². The molecule has 0 fully saturated rings. The number of nitrogens with one attached hydrogen (secondary N) is 1. The van der Waals surface area contributed by atoms with Crippen LogP contribution in [0.25, 0.3) is 0 Å². The van der Waals surface area contributed by atoms with Crippen LogP contribution in [0.3, 0.4) is 0 Å². The first-order valence-corrected chi connectivity index (χ1v) is 14.9. The highest BCUT2D eigenvalue weighted by Gasteiger charge is 2.30. The Labute approximate surface area is 235 Å². The van der Waals surface area contributed by atoms with Crippen LogP contribution in [0.5, 0.6) is 5.75 Å². The minimum atomic E-state index is -3.63. The number of rotatable bonds is 14. The van der Waals surface area contributed by atoms with Gasteiger partial charge < -0.3 is 15.0 Å². The number of hydrogen-bond donors (Lipinski definition) is 1. The van der Waals surface area contributed by atoms with E-state index in [2.05, 4.69) is 5.32 Å². The van der Waals surface area contributed by atoms with Crippen molar-refractivity contribution in [1.82, 2.24) is 10.2 Å². The highest BCUT2D eigenvalue weighted by atomic mass is 32.2. The fraction of sp³-hybridized carbons (Fsp3) is 0.333. The van der Waals surface area contributed by atoms with Crippen LogP contribution in [-0.4, -0.2) is 57.6 Å². The molecule has 0 aliphatic carbocycles. The third kappa shape index (κ3) is 8.54. The summed E-state index contributed by atoms with van der Waals surface area (Å²) >= 11 is 0. The number of halogens is 1. The second-order valence-corrected chi connectivity index (χ2v) is 11.3. The molecule has 1 unspecified atom stereocenters. The minimum Gasteiger partial charge on any atom is -0.497 e. The van der Waals surface area contributed by atoms with Gasteiger partial charge in [0.2, 0.25) is 21.8 Å². The number of ether oxygens (including phenoxy) is 1. The molecule has 1 N–H and O–H groups in total. The van der Waals surface area contributed by atoms with E-state index in [1.165, 1.54) is 22.4 Å². The molecule has 0 aromatic heterocycles. The number of sulfonamides is 1.